The lowest BCUT2D eigenvalue weighted by molar-refractivity contribution is 0.174. The molecular weight excluding hydrogens is 286 g/mol. The van der Waals surface area contributed by atoms with Crippen LogP contribution in [-0.2, 0) is 10.0 Å². The molecule has 0 atom stereocenters. The summed E-state index contributed by atoms with van der Waals surface area (Å²) in [6, 6.07) is 4.85. The van der Waals surface area contributed by atoms with Crippen LogP contribution < -0.4 is 0 Å². The van der Waals surface area contributed by atoms with Crippen molar-refractivity contribution >= 4 is 10.0 Å². The molecule has 0 unspecified atom stereocenters. The molecule has 1 heterocycles. The minimum absolute atomic E-state index is 0.000154. The first-order valence-electron chi connectivity index (χ1n) is 7.11. The minimum Gasteiger partial charge on any atom is -0.244 e. The first-order valence-corrected chi connectivity index (χ1v) is 8.55. The third-order valence-corrected chi connectivity index (χ3v) is 6.30. The second-order valence-electron chi connectivity index (χ2n) is 6.38. The van der Waals surface area contributed by atoms with E-state index in [1.807, 2.05) is 6.07 Å². The average Bonchev–Trinajstić information content (AvgIpc) is 2.46. The molecule has 1 aliphatic carbocycles. The molecule has 0 N–H and O–H groups in total. The van der Waals surface area contributed by atoms with Gasteiger partial charge >= 0.3 is 0 Å². The Labute approximate surface area is 126 Å². The maximum absolute atomic E-state index is 12.7. The summed E-state index contributed by atoms with van der Waals surface area (Å²) in [7, 11) is -2.07. The number of rotatable bonds is 3. The van der Waals surface area contributed by atoms with E-state index in [1.165, 1.54) is 16.6 Å². The standard InChI is InChI=1S/C15H21N3O2S/c1-15(2)8-6-12(7-9-15)18(3)21(19,20)14-5-4-10-17-13(14)11-16/h4-5,10,12H,6-9H2,1-3H3. The molecule has 0 spiro atoms. The first kappa shape index (κ1) is 15.9. The van der Waals surface area contributed by atoms with Crippen molar-refractivity contribution in [1.82, 2.24) is 9.29 Å². The van der Waals surface area contributed by atoms with Crippen molar-refractivity contribution in [3.63, 3.8) is 0 Å². The minimum atomic E-state index is -3.67. The zero-order valence-electron chi connectivity index (χ0n) is 12.7. The van der Waals surface area contributed by atoms with Crippen LogP contribution in [0.15, 0.2) is 23.2 Å². The van der Waals surface area contributed by atoms with Crippen molar-refractivity contribution in [2.45, 2.75) is 50.5 Å². The topological polar surface area (TPSA) is 74.1 Å². The first-order chi connectivity index (χ1) is 9.78. The molecule has 0 saturated heterocycles. The molecule has 1 fully saturated rings. The molecule has 1 saturated carbocycles. The Morgan fingerprint density at radius 3 is 2.57 bits per heavy atom. The van der Waals surface area contributed by atoms with Gasteiger partial charge in [0, 0.05) is 19.3 Å². The van der Waals surface area contributed by atoms with Gasteiger partial charge in [0.1, 0.15) is 11.0 Å². The second kappa shape index (κ2) is 5.74. The fourth-order valence-corrected chi connectivity index (χ4v) is 4.29. The van der Waals surface area contributed by atoms with Gasteiger partial charge in [0.05, 0.1) is 0 Å². The van der Waals surface area contributed by atoms with E-state index < -0.39 is 10.0 Å². The molecule has 0 aromatic carbocycles. The lowest BCUT2D eigenvalue weighted by Gasteiger charge is -2.38. The van der Waals surface area contributed by atoms with Gasteiger partial charge < -0.3 is 0 Å². The van der Waals surface area contributed by atoms with Crippen molar-refractivity contribution in [3.05, 3.63) is 24.0 Å². The Morgan fingerprint density at radius 2 is 2.00 bits per heavy atom. The summed E-state index contributed by atoms with van der Waals surface area (Å²) in [5, 5.41) is 9.05. The molecule has 21 heavy (non-hydrogen) atoms. The van der Waals surface area contributed by atoms with Gasteiger partial charge in [0.25, 0.3) is 0 Å². The van der Waals surface area contributed by atoms with Gasteiger partial charge in [-0.25, -0.2) is 13.4 Å². The highest BCUT2D eigenvalue weighted by molar-refractivity contribution is 7.89. The van der Waals surface area contributed by atoms with Crippen LogP contribution in [-0.4, -0.2) is 30.8 Å². The fraction of sp³-hybridized carbons (Fsp3) is 0.600. The lowest BCUT2D eigenvalue weighted by atomic mass is 9.76. The number of pyridine rings is 1. The zero-order chi connectivity index (χ0) is 15.7. The number of sulfonamides is 1. The van der Waals surface area contributed by atoms with E-state index in [4.69, 9.17) is 5.26 Å². The second-order valence-corrected chi connectivity index (χ2v) is 8.34. The van der Waals surface area contributed by atoms with Gasteiger partial charge in [-0.1, -0.05) is 13.8 Å². The molecule has 0 amide bonds. The number of aromatic nitrogens is 1. The van der Waals surface area contributed by atoms with Crippen molar-refractivity contribution in [2.75, 3.05) is 7.05 Å². The average molecular weight is 307 g/mol. The van der Waals surface area contributed by atoms with Gasteiger partial charge in [0.15, 0.2) is 5.69 Å². The molecule has 1 aliphatic rings. The van der Waals surface area contributed by atoms with Crippen LogP contribution in [0.2, 0.25) is 0 Å². The fourth-order valence-electron chi connectivity index (χ4n) is 2.78. The molecule has 2 rings (SSSR count). The van der Waals surface area contributed by atoms with Crippen LogP contribution in [0.4, 0.5) is 0 Å². The highest BCUT2D eigenvalue weighted by Gasteiger charge is 2.35. The van der Waals surface area contributed by atoms with E-state index in [0.29, 0.717) is 0 Å². The molecule has 1 aromatic heterocycles. The summed E-state index contributed by atoms with van der Waals surface area (Å²) in [4.78, 5) is 3.85. The summed E-state index contributed by atoms with van der Waals surface area (Å²) in [5.41, 5.74) is 0.244. The molecule has 5 nitrogen and oxygen atoms in total. The third kappa shape index (κ3) is 3.25. The summed E-state index contributed by atoms with van der Waals surface area (Å²) >= 11 is 0. The summed E-state index contributed by atoms with van der Waals surface area (Å²) in [6.45, 7) is 4.43. The maximum Gasteiger partial charge on any atom is 0.245 e. The van der Waals surface area contributed by atoms with Gasteiger partial charge in [-0.05, 0) is 43.2 Å². The van der Waals surface area contributed by atoms with Crippen LogP contribution in [0, 0.1) is 16.7 Å². The smallest absolute Gasteiger partial charge is 0.244 e. The molecule has 114 valence electrons. The van der Waals surface area contributed by atoms with Crippen LogP contribution in [0.1, 0.15) is 45.2 Å². The van der Waals surface area contributed by atoms with Crippen molar-refractivity contribution in [3.8, 4) is 6.07 Å². The van der Waals surface area contributed by atoms with Gasteiger partial charge in [-0.3, -0.25) is 0 Å². The summed E-state index contributed by atoms with van der Waals surface area (Å²) in [6.07, 6.45) is 5.15. The Kier molecular flexibility index (Phi) is 4.35. The van der Waals surface area contributed by atoms with Crippen molar-refractivity contribution < 1.29 is 8.42 Å². The van der Waals surface area contributed by atoms with Crippen LogP contribution in [0.25, 0.3) is 0 Å². The van der Waals surface area contributed by atoms with E-state index in [0.717, 1.165) is 25.7 Å². The number of hydrogen-bond acceptors (Lipinski definition) is 4. The van der Waals surface area contributed by atoms with E-state index in [1.54, 1.807) is 13.1 Å². The van der Waals surface area contributed by atoms with E-state index in [9.17, 15) is 8.42 Å². The normalized spacial score (nSPS) is 19.4. The highest BCUT2D eigenvalue weighted by Crippen LogP contribution is 2.37. The number of nitriles is 1. The molecule has 0 radical (unpaired) electrons. The van der Waals surface area contributed by atoms with Crippen LogP contribution in [0.5, 0.6) is 0 Å². The Balaban J connectivity index is 2.26. The molecule has 1 aromatic rings. The Bertz CT molecular complexity index is 652. The maximum atomic E-state index is 12.7. The molecule has 6 heteroatoms. The van der Waals surface area contributed by atoms with E-state index in [2.05, 4.69) is 18.8 Å². The zero-order valence-corrected chi connectivity index (χ0v) is 13.5. The van der Waals surface area contributed by atoms with Crippen LogP contribution in [0.3, 0.4) is 0 Å². The molecule has 0 aliphatic heterocycles. The number of nitrogens with zero attached hydrogens (tertiary/aromatic N) is 3. The summed E-state index contributed by atoms with van der Waals surface area (Å²) in [5.74, 6) is 0. The SMILES string of the molecule is CN(C1CCC(C)(C)CC1)S(=O)(=O)c1cccnc1C#N. The Hall–Kier alpha value is -1.45. The largest absolute Gasteiger partial charge is 0.245 e. The predicted molar refractivity (Wildman–Crippen MR) is 79.9 cm³/mol. The van der Waals surface area contributed by atoms with Crippen molar-refractivity contribution in [2.24, 2.45) is 5.41 Å². The predicted octanol–water partition coefficient (Wildman–Crippen LogP) is 2.54. The Morgan fingerprint density at radius 1 is 1.38 bits per heavy atom. The number of hydrogen-bond donors (Lipinski definition) is 0. The van der Waals surface area contributed by atoms with Crippen molar-refractivity contribution in [1.29, 1.82) is 5.26 Å². The van der Waals surface area contributed by atoms with Crippen LogP contribution >= 0.6 is 0 Å². The molecule has 0 bridgehead atoms. The highest BCUT2D eigenvalue weighted by atomic mass is 32.2. The third-order valence-electron chi connectivity index (χ3n) is 4.36. The quantitative estimate of drug-likeness (QED) is 0.860. The van der Waals surface area contributed by atoms with E-state index in [-0.39, 0.29) is 22.0 Å². The summed E-state index contributed by atoms with van der Waals surface area (Å²) < 4.78 is 26.8. The van der Waals surface area contributed by atoms with Gasteiger partial charge in [-0.2, -0.15) is 9.57 Å². The van der Waals surface area contributed by atoms with Gasteiger partial charge in [0.2, 0.25) is 10.0 Å². The lowest BCUT2D eigenvalue weighted by Crippen LogP contribution is -2.41. The van der Waals surface area contributed by atoms with E-state index >= 15 is 0 Å². The monoisotopic (exact) mass is 307 g/mol. The molecular formula is C15H21N3O2S. The van der Waals surface area contributed by atoms with Gasteiger partial charge in [-0.15, -0.1) is 0 Å².